The number of ether oxygens (including phenoxy) is 1. The number of hydrazone groups is 1. The average molecular weight is 362 g/mol. The maximum Gasteiger partial charge on any atom is 0.337 e. The fourth-order valence-corrected chi connectivity index (χ4v) is 2.54. The number of methoxy groups -OCH3 is 1. The van der Waals surface area contributed by atoms with Crippen molar-refractivity contribution in [1.29, 1.82) is 0 Å². The van der Waals surface area contributed by atoms with Crippen LogP contribution in [-0.4, -0.2) is 35.4 Å². The lowest BCUT2D eigenvalue weighted by atomic mass is 10.1. The minimum Gasteiger partial charge on any atom is -0.465 e. The van der Waals surface area contributed by atoms with Crippen molar-refractivity contribution in [3.63, 3.8) is 0 Å². The molecule has 7 nitrogen and oxygen atoms in total. The highest BCUT2D eigenvalue weighted by molar-refractivity contribution is 5.96. The Balaban J connectivity index is 1.67. The number of hydrogen-bond donors (Lipinski definition) is 2. The van der Waals surface area contributed by atoms with Gasteiger partial charge in [-0.25, -0.2) is 10.2 Å². The van der Waals surface area contributed by atoms with E-state index in [9.17, 15) is 9.59 Å². The van der Waals surface area contributed by atoms with E-state index in [0.29, 0.717) is 11.3 Å². The van der Waals surface area contributed by atoms with Crippen molar-refractivity contribution in [1.82, 2.24) is 15.6 Å². The Labute approximate surface area is 156 Å². The van der Waals surface area contributed by atoms with E-state index in [1.54, 1.807) is 24.3 Å². The van der Waals surface area contributed by atoms with Crippen LogP contribution in [0.4, 0.5) is 0 Å². The van der Waals surface area contributed by atoms with Gasteiger partial charge in [-0.2, -0.15) is 10.2 Å². The lowest BCUT2D eigenvalue weighted by Gasteiger charge is -2.01. The third-order valence-electron chi connectivity index (χ3n) is 4.00. The highest BCUT2D eigenvalue weighted by atomic mass is 16.5. The van der Waals surface area contributed by atoms with Crippen molar-refractivity contribution >= 4 is 18.1 Å². The number of esters is 1. The van der Waals surface area contributed by atoms with Gasteiger partial charge in [0.05, 0.1) is 24.6 Å². The molecule has 0 saturated heterocycles. The van der Waals surface area contributed by atoms with Crippen LogP contribution < -0.4 is 5.43 Å². The van der Waals surface area contributed by atoms with Crippen LogP contribution in [0.3, 0.4) is 0 Å². The molecule has 0 atom stereocenters. The largest absolute Gasteiger partial charge is 0.465 e. The number of carbonyl (C=O) groups excluding carboxylic acids is 2. The first kappa shape index (κ1) is 18.1. The van der Waals surface area contributed by atoms with Crippen molar-refractivity contribution in [3.8, 4) is 11.3 Å². The molecule has 0 spiro atoms. The number of carbonyl (C=O) groups is 2. The van der Waals surface area contributed by atoms with Gasteiger partial charge in [-0.1, -0.05) is 42.5 Å². The minimum absolute atomic E-state index is 0.354. The van der Waals surface area contributed by atoms with Crippen LogP contribution in [0, 0.1) is 6.92 Å². The molecule has 1 amide bonds. The summed E-state index contributed by atoms with van der Waals surface area (Å²) < 4.78 is 4.64. The molecule has 0 radical (unpaired) electrons. The number of hydrogen-bond acceptors (Lipinski definition) is 5. The minimum atomic E-state index is -0.407. The van der Waals surface area contributed by atoms with Gasteiger partial charge < -0.3 is 4.74 Å². The molecule has 2 N–H and O–H groups in total. The van der Waals surface area contributed by atoms with E-state index in [0.717, 1.165) is 22.4 Å². The number of aromatic nitrogens is 2. The standard InChI is InChI=1S/C20H18N4O3/c1-13-17(15-6-4-3-5-7-15)22-23-18(13)19(25)24-21-12-14-8-10-16(11-9-14)20(26)27-2/h3-12H,1-2H3,(H,22,23)(H,24,25)/b21-12+. The molecule has 136 valence electrons. The van der Waals surface area contributed by atoms with Crippen molar-refractivity contribution in [3.05, 3.63) is 77.0 Å². The zero-order valence-corrected chi connectivity index (χ0v) is 14.9. The number of nitrogens with one attached hydrogen (secondary N) is 2. The Bertz CT molecular complexity index is 976. The lowest BCUT2D eigenvalue weighted by Crippen LogP contribution is -2.19. The molecule has 0 aliphatic heterocycles. The fourth-order valence-electron chi connectivity index (χ4n) is 2.54. The van der Waals surface area contributed by atoms with Gasteiger partial charge in [0.2, 0.25) is 0 Å². The van der Waals surface area contributed by atoms with Gasteiger partial charge >= 0.3 is 5.97 Å². The number of benzene rings is 2. The van der Waals surface area contributed by atoms with Crippen LogP contribution in [0.1, 0.15) is 32.0 Å². The molecule has 0 aliphatic rings. The summed E-state index contributed by atoms with van der Waals surface area (Å²) in [5, 5.41) is 10.9. The zero-order chi connectivity index (χ0) is 19.2. The summed E-state index contributed by atoms with van der Waals surface area (Å²) >= 11 is 0. The molecule has 7 heteroatoms. The molecule has 3 aromatic rings. The Morgan fingerprint density at radius 1 is 1.11 bits per heavy atom. The number of rotatable bonds is 5. The summed E-state index contributed by atoms with van der Waals surface area (Å²) in [6, 6.07) is 16.3. The summed E-state index contributed by atoms with van der Waals surface area (Å²) in [6.07, 6.45) is 1.49. The summed E-state index contributed by atoms with van der Waals surface area (Å²) in [7, 11) is 1.33. The van der Waals surface area contributed by atoms with E-state index in [-0.39, 0.29) is 5.91 Å². The highest BCUT2D eigenvalue weighted by Crippen LogP contribution is 2.22. The second-order valence-corrected chi connectivity index (χ2v) is 5.75. The van der Waals surface area contributed by atoms with Crippen molar-refractivity contribution < 1.29 is 14.3 Å². The SMILES string of the molecule is COC(=O)c1ccc(/C=N/NC(=O)c2[nH]nc(-c3ccccc3)c2C)cc1. The lowest BCUT2D eigenvalue weighted by molar-refractivity contribution is 0.0600. The topological polar surface area (TPSA) is 96.4 Å². The molecule has 0 saturated carbocycles. The summed E-state index contributed by atoms with van der Waals surface area (Å²) in [4.78, 5) is 23.7. The van der Waals surface area contributed by atoms with Gasteiger partial charge in [0.15, 0.2) is 0 Å². The molecule has 2 aromatic carbocycles. The van der Waals surface area contributed by atoms with E-state index >= 15 is 0 Å². The Hall–Kier alpha value is -3.74. The second kappa shape index (κ2) is 8.09. The molecule has 1 aromatic heterocycles. The number of aromatic amines is 1. The summed E-state index contributed by atoms with van der Waals surface area (Å²) in [5.74, 6) is -0.791. The van der Waals surface area contributed by atoms with E-state index < -0.39 is 5.97 Å². The Morgan fingerprint density at radius 2 is 1.81 bits per heavy atom. The third-order valence-corrected chi connectivity index (χ3v) is 4.00. The van der Waals surface area contributed by atoms with Crippen LogP contribution >= 0.6 is 0 Å². The normalized spacial score (nSPS) is 10.7. The smallest absolute Gasteiger partial charge is 0.337 e. The first-order valence-corrected chi connectivity index (χ1v) is 8.22. The molecule has 0 bridgehead atoms. The van der Waals surface area contributed by atoms with Gasteiger partial charge in [0.25, 0.3) is 5.91 Å². The third kappa shape index (κ3) is 4.09. The van der Waals surface area contributed by atoms with Crippen LogP contribution in [0.5, 0.6) is 0 Å². The quantitative estimate of drug-likeness (QED) is 0.414. The Kier molecular flexibility index (Phi) is 5.41. The van der Waals surface area contributed by atoms with E-state index in [1.807, 2.05) is 37.3 Å². The Morgan fingerprint density at radius 3 is 2.48 bits per heavy atom. The summed E-state index contributed by atoms with van der Waals surface area (Å²) in [6.45, 7) is 1.83. The predicted octanol–water partition coefficient (Wildman–Crippen LogP) is 2.94. The van der Waals surface area contributed by atoms with Crippen molar-refractivity contribution in [2.24, 2.45) is 5.10 Å². The van der Waals surface area contributed by atoms with E-state index in [1.165, 1.54) is 13.3 Å². The van der Waals surface area contributed by atoms with Crippen LogP contribution in [0.25, 0.3) is 11.3 Å². The molecular weight excluding hydrogens is 344 g/mol. The predicted molar refractivity (Wildman–Crippen MR) is 102 cm³/mol. The number of amides is 1. The molecule has 1 heterocycles. The first-order chi connectivity index (χ1) is 13.1. The average Bonchev–Trinajstić information content (AvgIpc) is 3.10. The van der Waals surface area contributed by atoms with Crippen molar-refractivity contribution in [2.45, 2.75) is 6.92 Å². The van der Waals surface area contributed by atoms with Gasteiger partial charge in [0, 0.05) is 11.1 Å². The molecule has 0 aliphatic carbocycles. The van der Waals surface area contributed by atoms with Crippen LogP contribution in [0.2, 0.25) is 0 Å². The number of nitrogens with zero attached hydrogens (tertiary/aromatic N) is 2. The monoisotopic (exact) mass is 362 g/mol. The van der Waals surface area contributed by atoms with Gasteiger partial charge in [-0.3, -0.25) is 9.89 Å². The van der Waals surface area contributed by atoms with Gasteiger partial charge in [0.1, 0.15) is 5.69 Å². The van der Waals surface area contributed by atoms with Gasteiger partial charge in [-0.05, 0) is 24.6 Å². The molecule has 0 fully saturated rings. The zero-order valence-electron chi connectivity index (χ0n) is 14.9. The highest BCUT2D eigenvalue weighted by Gasteiger charge is 2.16. The van der Waals surface area contributed by atoms with Crippen molar-refractivity contribution in [2.75, 3.05) is 7.11 Å². The van der Waals surface area contributed by atoms with E-state index in [4.69, 9.17) is 0 Å². The maximum absolute atomic E-state index is 12.3. The molecule has 27 heavy (non-hydrogen) atoms. The van der Waals surface area contributed by atoms with Crippen LogP contribution in [-0.2, 0) is 4.74 Å². The molecule has 3 rings (SSSR count). The van der Waals surface area contributed by atoms with Crippen LogP contribution in [0.15, 0.2) is 59.7 Å². The first-order valence-electron chi connectivity index (χ1n) is 8.22. The second-order valence-electron chi connectivity index (χ2n) is 5.75. The number of H-pyrrole nitrogens is 1. The van der Waals surface area contributed by atoms with Gasteiger partial charge in [-0.15, -0.1) is 0 Å². The maximum atomic E-state index is 12.3. The molecular formula is C20H18N4O3. The summed E-state index contributed by atoms with van der Waals surface area (Å²) in [5.41, 5.74) is 6.40. The van der Waals surface area contributed by atoms with E-state index in [2.05, 4.69) is 25.5 Å². The fraction of sp³-hybridized carbons (Fsp3) is 0.100. The molecule has 0 unspecified atom stereocenters.